The second-order valence-corrected chi connectivity index (χ2v) is 8.51. The van der Waals surface area contributed by atoms with Crippen molar-refractivity contribution in [3.05, 3.63) is 140 Å². The van der Waals surface area contributed by atoms with Gasteiger partial charge in [-0.2, -0.15) is 10.2 Å². The topological polar surface area (TPSA) is 64.5 Å². The number of nitrogens with zero attached hydrogens (tertiary/aromatic N) is 5. The molecule has 0 saturated carbocycles. The molecule has 0 fully saturated rings. The molecule has 2 heterocycles. The van der Waals surface area contributed by atoms with Gasteiger partial charge in [0.15, 0.2) is 0 Å². The predicted octanol–water partition coefficient (Wildman–Crippen LogP) is 7.25. The fourth-order valence-corrected chi connectivity index (χ4v) is 4.28. The van der Waals surface area contributed by atoms with E-state index in [0.717, 1.165) is 43.9 Å². The minimum atomic E-state index is 0. The van der Waals surface area contributed by atoms with Gasteiger partial charge in [-0.25, -0.2) is 0 Å². The molecule has 0 spiro atoms. The van der Waals surface area contributed by atoms with Crippen LogP contribution >= 0.6 is 0 Å². The van der Waals surface area contributed by atoms with Crippen LogP contribution in [-0.2, 0) is 20.1 Å². The maximum absolute atomic E-state index is 4.34. The number of hydrogen-bond donors (Lipinski definition) is 0. The Hall–Kier alpha value is -4.64. The first kappa shape index (κ1) is 26.0. The molecular weight excluding hydrogens is 659 g/mol. The standard InChI is InChI=1S/C22H13N4.C11H8N.Ir/c1-3-11-17-15(7-1)9-5-13-19(17)21-23-25-22(26-24-21)20-14-6-10-16-8-2-4-12-18(16)20;1-2-6-10(7-3-1)11-8-4-5-9-12-11;/h1-13H;1-6,8-9H;/q2*-1;. The molecule has 5 nitrogen and oxygen atoms in total. The van der Waals surface area contributed by atoms with Crippen LogP contribution in [0.15, 0.2) is 128 Å². The fraction of sp³-hybridized carbons (Fsp3) is 0. The van der Waals surface area contributed by atoms with E-state index in [9.17, 15) is 0 Å². The molecule has 0 amide bonds. The van der Waals surface area contributed by atoms with Crippen LogP contribution in [0.25, 0.3) is 55.6 Å². The Bertz CT molecular complexity index is 1660. The van der Waals surface area contributed by atoms with Crippen LogP contribution in [0.2, 0.25) is 0 Å². The number of hydrogen-bond acceptors (Lipinski definition) is 5. The summed E-state index contributed by atoms with van der Waals surface area (Å²) < 4.78 is 0. The van der Waals surface area contributed by atoms with Crippen LogP contribution in [0.3, 0.4) is 0 Å². The summed E-state index contributed by atoms with van der Waals surface area (Å²) in [6.07, 6.45) is 1.79. The monoisotopic (exact) mass is 680 g/mol. The second kappa shape index (κ2) is 12.3. The summed E-state index contributed by atoms with van der Waals surface area (Å²) in [5.74, 6) is 0.997. The van der Waals surface area contributed by atoms with Gasteiger partial charge >= 0.3 is 0 Å². The smallest absolute Gasteiger partial charge is 0.202 e. The molecule has 6 heteroatoms. The average molecular weight is 680 g/mol. The molecular formula is C33H21IrN5-2. The van der Waals surface area contributed by atoms with Crippen LogP contribution in [0.5, 0.6) is 0 Å². The summed E-state index contributed by atoms with van der Waals surface area (Å²) >= 11 is 0. The van der Waals surface area contributed by atoms with Gasteiger partial charge in [-0.05, 0) is 22.5 Å². The zero-order valence-electron chi connectivity index (χ0n) is 20.7. The fourth-order valence-electron chi connectivity index (χ4n) is 4.28. The van der Waals surface area contributed by atoms with Crippen LogP contribution in [-0.4, -0.2) is 25.4 Å². The number of fused-ring (bicyclic) bond motifs is 2. The van der Waals surface area contributed by atoms with Gasteiger partial charge < -0.3 is 4.98 Å². The van der Waals surface area contributed by atoms with Crippen LogP contribution in [0.1, 0.15) is 0 Å². The third kappa shape index (κ3) is 5.78. The molecule has 0 saturated heterocycles. The van der Waals surface area contributed by atoms with E-state index in [2.05, 4.69) is 61.8 Å². The SMILES string of the molecule is [Ir].[c-]1ccc2ccccc2c1-c1nnc(-c2cccc3ccccc23)nn1.[c-]1ccccc1-c1ccccn1. The molecule has 0 bridgehead atoms. The molecule has 7 rings (SSSR count). The molecule has 0 atom stereocenters. The van der Waals surface area contributed by atoms with Crippen molar-refractivity contribution in [2.45, 2.75) is 0 Å². The quantitative estimate of drug-likeness (QED) is 0.184. The van der Waals surface area contributed by atoms with Crippen molar-refractivity contribution in [2.24, 2.45) is 0 Å². The molecule has 39 heavy (non-hydrogen) atoms. The molecule has 0 N–H and O–H groups in total. The van der Waals surface area contributed by atoms with Gasteiger partial charge in [0.25, 0.3) is 0 Å². The molecule has 0 aliphatic heterocycles. The van der Waals surface area contributed by atoms with Crippen molar-refractivity contribution in [3.63, 3.8) is 0 Å². The maximum atomic E-state index is 4.34. The normalized spacial score (nSPS) is 10.4. The van der Waals surface area contributed by atoms with Gasteiger partial charge in [0.2, 0.25) is 5.82 Å². The van der Waals surface area contributed by atoms with E-state index in [1.54, 1.807) is 6.20 Å². The van der Waals surface area contributed by atoms with Crippen molar-refractivity contribution >= 4 is 21.5 Å². The van der Waals surface area contributed by atoms with Crippen molar-refractivity contribution in [1.82, 2.24) is 25.4 Å². The van der Waals surface area contributed by atoms with E-state index in [1.807, 2.05) is 97.1 Å². The minimum Gasteiger partial charge on any atom is -0.305 e. The van der Waals surface area contributed by atoms with Crippen molar-refractivity contribution in [3.8, 4) is 34.0 Å². The van der Waals surface area contributed by atoms with E-state index in [1.165, 1.54) is 0 Å². The maximum Gasteiger partial charge on any atom is 0.202 e. The molecule has 0 aliphatic carbocycles. The third-order valence-corrected chi connectivity index (χ3v) is 6.10. The number of pyridine rings is 1. The van der Waals surface area contributed by atoms with Crippen molar-refractivity contribution < 1.29 is 20.1 Å². The van der Waals surface area contributed by atoms with Gasteiger partial charge in [0, 0.05) is 31.9 Å². The summed E-state index contributed by atoms with van der Waals surface area (Å²) in [4.78, 5) is 4.22. The molecule has 1 radical (unpaired) electrons. The Morgan fingerprint density at radius 2 is 1.15 bits per heavy atom. The molecule has 0 unspecified atom stereocenters. The van der Waals surface area contributed by atoms with E-state index in [0.29, 0.717) is 11.6 Å². The molecule has 189 valence electrons. The average Bonchev–Trinajstić information content (AvgIpc) is 3.02. The largest absolute Gasteiger partial charge is 0.305 e. The summed E-state index contributed by atoms with van der Waals surface area (Å²) in [5, 5.41) is 21.7. The minimum absolute atomic E-state index is 0. The summed E-state index contributed by atoms with van der Waals surface area (Å²) in [6, 6.07) is 46.2. The number of aromatic nitrogens is 5. The third-order valence-electron chi connectivity index (χ3n) is 6.10. The first-order valence-corrected chi connectivity index (χ1v) is 12.2. The van der Waals surface area contributed by atoms with Gasteiger partial charge in [-0.1, -0.05) is 89.8 Å². The number of benzene rings is 5. The summed E-state index contributed by atoms with van der Waals surface area (Å²) in [7, 11) is 0. The Morgan fingerprint density at radius 3 is 1.90 bits per heavy atom. The van der Waals surface area contributed by atoms with Crippen LogP contribution < -0.4 is 0 Å². The predicted molar refractivity (Wildman–Crippen MR) is 151 cm³/mol. The first-order chi connectivity index (χ1) is 18.9. The van der Waals surface area contributed by atoms with E-state index >= 15 is 0 Å². The van der Waals surface area contributed by atoms with E-state index in [4.69, 9.17) is 0 Å². The second-order valence-electron chi connectivity index (χ2n) is 8.51. The van der Waals surface area contributed by atoms with E-state index in [-0.39, 0.29) is 20.1 Å². The Morgan fingerprint density at radius 1 is 0.487 bits per heavy atom. The van der Waals surface area contributed by atoms with E-state index < -0.39 is 0 Å². The zero-order chi connectivity index (χ0) is 25.6. The first-order valence-electron chi connectivity index (χ1n) is 12.2. The zero-order valence-corrected chi connectivity index (χ0v) is 23.1. The molecule has 7 aromatic rings. The Labute approximate surface area is 240 Å². The number of rotatable bonds is 3. The summed E-state index contributed by atoms with van der Waals surface area (Å²) in [5.41, 5.74) is 3.75. The summed E-state index contributed by atoms with van der Waals surface area (Å²) in [6.45, 7) is 0. The van der Waals surface area contributed by atoms with Gasteiger partial charge in [0.1, 0.15) is 5.82 Å². The Balaban J connectivity index is 0.000000200. The van der Waals surface area contributed by atoms with Gasteiger partial charge in [-0.3, -0.25) is 0 Å². The van der Waals surface area contributed by atoms with Crippen molar-refractivity contribution in [1.29, 1.82) is 0 Å². The van der Waals surface area contributed by atoms with Gasteiger partial charge in [-0.15, -0.1) is 69.7 Å². The Kier molecular flexibility index (Phi) is 8.17. The van der Waals surface area contributed by atoms with Crippen LogP contribution in [0, 0.1) is 12.1 Å². The van der Waals surface area contributed by atoms with Gasteiger partial charge in [0.05, 0.1) is 0 Å². The van der Waals surface area contributed by atoms with Crippen molar-refractivity contribution in [2.75, 3.05) is 0 Å². The molecule has 2 aromatic heterocycles. The van der Waals surface area contributed by atoms with Crippen LogP contribution in [0.4, 0.5) is 0 Å². The molecule has 5 aromatic carbocycles. The molecule has 0 aliphatic rings.